The summed E-state index contributed by atoms with van der Waals surface area (Å²) in [5.74, 6) is 0.226. The molecule has 1 saturated carbocycles. The summed E-state index contributed by atoms with van der Waals surface area (Å²) in [6.07, 6.45) is 6.96. The normalized spacial score (nSPS) is 14.7. The summed E-state index contributed by atoms with van der Waals surface area (Å²) in [5.41, 5.74) is 14.0. The van der Waals surface area contributed by atoms with Crippen molar-refractivity contribution in [3.63, 3.8) is 0 Å². The van der Waals surface area contributed by atoms with Crippen molar-refractivity contribution in [2.45, 2.75) is 26.2 Å². The summed E-state index contributed by atoms with van der Waals surface area (Å²) in [7, 11) is 0. The lowest BCUT2D eigenvalue weighted by atomic mass is 9.73. The van der Waals surface area contributed by atoms with E-state index in [1.807, 2.05) is 24.3 Å². The van der Waals surface area contributed by atoms with E-state index in [-0.39, 0.29) is 5.97 Å². The molecule has 0 aliphatic heterocycles. The zero-order valence-corrected chi connectivity index (χ0v) is 18.5. The maximum absolute atomic E-state index is 11.6. The highest BCUT2D eigenvalue weighted by molar-refractivity contribution is 5.99. The van der Waals surface area contributed by atoms with Gasteiger partial charge in [0.25, 0.3) is 0 Å². The van der Waals surface area contributed by atoms with Crippen LogP contribution in [0.2, 0.25) is 0 Å². The highest BCUT2D eigenvalue weighted by Gasteiger charge is 2.27. The highest BCUT2D eigenvalue weighted by atomic mass is 16.5. The second-order valence-corrected chi connectivity index (χ2v) is 8.11. The molecule has 0 amide bonds. The molecule has 162 valence electrons. The third-order valence-electron chi connectivity index (χ3n) is 5.96. The van der Waals surface area contributed by atoms with Crippen LogP contribution in [0.25, 0.3) is 17.2 Å². The fraction of sp³-hybridized carbons (Fsp3) is 0.207. The number of rotatable bonds is 7. The number of carbonyl (C=O) groups excluding carboxylic acids is 1. The molecule has 0 saturated heterocycles. The van der Waals surface area contributed by atoms with Crippen LogP contribution in [0.4, 0.5) is 5.69 Å². The summed E-state index contributed by atoms with van der Waals surface area (Å²) in [4.78, 5) is 11.6. The molecule has 0 bridgehead atoms. The quantitative estimate of drug-likeness (QED) is 0.201. The number of allylic oxidation sites excluding steroid dienone is 1. The van der Waals surface area contributed by atoms with Gasteiger partial charge in [-0.25, -0.2) is 4.79 Å². The van der Waals surface area contributed by atoms with Crippen LogP contribution in [0.3, 0.4) is 0 Å². The molecule has 1 aliphatic carbocycles. The van der Waals surface area contributed by atoms with Crippen LogP contribution in [0.5, 0.6) is 0 Å². The van der Waals surface area contributed by atoms with Gasteiger partial charge in [0, 0.05) is 11.8 Å². The molecule has 3 aromatic rings. The first-order chi connectivity index (χ1) is 15.7. The first kappa shape index (κ1) is 21.6. The molecular weight excluding hydrogens is 394 g/mol. The van der Waals surface area contributed by atoms with Crippen LogP contribution in [0.1, 0.15) is 48.4 Å². The Kier molecular flexibility index (Phi) is 6.86. The summed E-state index contributed by atoms with van der Waals surface area (Å²) < 4.78 is 4.98. The summed E-state index contributed by atoms with van der Waals surface area (Å²) in [6.45, 7) is 2.18. The second-order valence-electron chi connectivity index (χ2n) is 8.11. The van der Waals surface area contributed by atoms with Crippen LogP contribution in [0.15, 0.2) is 84.9 Å². The number of ether oxygens (including phenoxy) is 1. The van der Waals surface area contributed by atoms with E-state index in [4.69, 9.17) is 10.5 Å². The Balaban J connectivity index is 1.80. The lowest BCUT2D eigenvalue weighted by Crippen LogP contribution is -2.15. The molecule has 3 nitrogen and oxygen atoms in total. The minimum atomic E-state index is -0.324. The van der Waals surface area contributed by atoms with Crippen molar-refractivity contribution in [2.24, 2.45) is 5.92 Å². The van der Waals surface area contributed by atoms with E-state index in [1.165, 1.54) is 47.6 Å². The average molecular weight is 424 g/mol. The van der Waals surface area contributed by atoms with E-state index in [0.717, 1.165) is 16.8 Å². The Labute approximate surface area is 190 Å². The van der Waals surface area contributed by atoms with Crippen LogP contribution in [0, 0.1) is 5.92 Å². The number of hydrogen-bond donors (Lipinski definition) is 1. The van der Waals surface area contributed by atoms with E-state index >= 15 is 0 Å². The molecule has 1 fully saturated rings. The van der Waals surface area contributed by atoms with Crippen LogP contribution < -0.4 is 5.73 Å². The lowest BCUT2D eigenvalue weighted by Gasteiger charge is -2.31. The van der Waals surface area contributed by atoms with E-state index in [2.05, 4.69) is 54.6 Å². The van der Waals surface area contributed by atoms with Gasteiger partial charge in [0.05, 0.1) is 6.61 Å². The van der Waals surface area contributed by atoms with Crippen molar-refractivity contribution >= 4 is 28.9 Å². The van der Waals surface area contributed by atoms with Gasteiger partial charge in [-0.2, -0.15) is 0 Å². The first-order valence-electron chi connectivity index (χ1n) is 11.3. The molecule has 0 radical (unpaired) electrons. The zero-order chi connectivity index (χ0) is 22.3. The van der Waals surface area contributed by atoms with Gasteiger partial charge in [-0.1, -0.05) is 73.2 Å². The molecule has 0 heterocycles. The maximum Gasteiger partial charge on any atom is 0.330 e. The molecule has 32 heavy (non-hydrogen) atoms. The smallest absolute Gasteiger partial charge is 0.330 e. The monoisotopic (exact) mass is 423 g/mol. The Bertz CT molecular complexity index is 1110. The minimum absolute atomic E-state index is 0.324. The molecule has 0 atom stereocenters. The summed E-state index contributed by atoms with van der Waals surface area (Å²) >= 11 is 0. The van der Waals surface area contributed by atoms with Crippen molar-refractivity contribution in [1.29, 1.82) is 0 Å². The third-order valence-corrected chi connectivity index (χ3v) is 5.96. The fourth-order valence-corrected chi connectivity index (χ4v) is 4.14. The van der Waals surface area contributed by atoms with Gasteiger partial charge in [0.1, 0.15) is 0 Å². The third kappa shape index (κ3) is 5.00. The van der Waals surface area contributed by atoms with Crippen LogP contribution in [-0.4, -0.2) is 12.6 Å². The van der Waals surface area contributed by atoms with Gasteiger partial charge in [-0.05, 0) is 77.3 Å². The molecule has 4 rings (SSSR count). The lowest BCUT2D eigenvalue weighted by molar-refractivity contribution is -0.137. The highest BCUT2D eigenvalue weighted by Crippen LogP contribution is 2.45. The van der Waals surface area contributed by atoms with E-state index < -0.39 is 0 Å². The Morgan fingerprint density at radius 2 is 1.53 bits per heavy atom. The van der Waals surface area contributed by atoms with Crippen LogP contribution >= 0.6 is 0 Å². The van der Waals surface area contributed by atoms with Gasteiger partial charge in [0.2, 0.25) is 0 Å². The fourth-order valence-electron chi connectivity index (χ4n) is 4.14. The zero-order valence-electron chi connectivity index (χ0n) is 18.5. The molecule has 2 N–H and O–H groups in total. The number of hydrogen-bond acceptors (Lipinski definition) is 3. The Morgan fingerprint density at radius 3 is 2.09 bits per heavy atom. The predicted octanol–water partition coefficient (Wildman–Crippen LogP) is 6.60. The summed E-state index contributed by atoms with van der Waals surface area (Å²) in [6, 6.07) is 27.2. The molecular formula is C29H29NO2. The van der Waals surface area contributed by atoms with E-state index in [9.17, 15) is 4.79 Å². The van der Waals surface area contributed by atoms with Gasteiger partial charge >= 0.3 is 5.97 Å². The molecule has 3 heteroatoms. The Hall–Kier alpha value is -3.59. The van der Waals surface area contributed by atoms with Gasteiger partial charge in [-0.15, -0.1) is 0 Å². The standard InChI is InChI=1S/C29H29NO2/c1-2-32-27(31)20-13-21-11-14-24(15-12-21)29(25-16-18-26(30)19-17-25)28(23-9-6-10-23)22-7-4-3-5-8-22/h3-5,7-8,11-20,23H,2,6,9-10,30H2,1H3. The van der Waals surface area contributed by atoms with Crippen LogP contribution in [-0.2, 0) is 9.53 Å². The number of nitrogen functional groups attached to an aromatic ring is 1. The molecule has 1 aliphatic rings. The second kappa shape index (κ2) is 10.1. The molecule has 3 aromatic carbocycles. The number of benzene rings is 3. The first-order valence-corrected chi connectivity index (χ1v) is 11.3. The number of nitrogens with two attached hydrogens (primary N) is 1. The van der Waals surface area contributed by atoms with Crippen molar-refractivity contribution in [3.8, 4) is 0 Å². The van der Waals surface area contributed by atoms with Gasteiger partial charge in [-0.3, -0.25) is 0 Å². The van der Waals surface area contributed by atoms with Crippen molar-refractivity contribution in [2.75, 3.05) is 12.3 Å². The minimum Gasteiger partial charge on any atom is -0.463 e. The molecule has 0 unspecified atom stereocenters. The SMILES string of the molecule is CCOC(=O)C=Cc1ccc(C(=C(c2ccccc2)C2CCC2)c2ccc(N)cc2)cc1. The largest absolute Gasteiger partial charge is 0.463 e. The predicted molar refractivity (Wildman–Crippen MR) is 133 cm³/mol. The average Bonchev–Trinajstić information content (AvgIpc) is 2.79. The maximum atomic E-state index is 11.6. The van der Waals surface area contributed by atoms with Gasteiger partial charge < -0.3 is 10.5 Å². The number of anilines is 1. The molecule has 0 aromatic heterocycles. The van der Waals surface area contributed by atoms with E-state index in [0.29, 0.717) is 12.5 Å². The Morgan fingerprint density at radius 1 is 0.906 bits per heavy atom. The van der Waals surface area contributed by atoms with Gasteiger partial charge in [0.15, 0.2) is 0 Å². The summed E-state index contributed by atoms with van der Waals surface area (Å²) in [5, 5.41) is 0. The topological polar surface area (TPSA) is 52.3 Å². The van der Waals surface area contributed by atoms with Crippen molar-refractivity contribution < 1.29 is 9.53 Å². The number of carbonyl (C=O) groups is 1. The number of esters is 1. The van der Waals surface area contributed by atoms with E-state index in [1.54, 1.807) is 13.0 Å². The molecule has 0 spiro atoms. The van der Waals surface area contributed by atoms with Crippen molar-refractivity contribution in [1.82, 2.24) is 0 Å². The van der Waals surface area contributed by atoms with Crippen molar-refractivity contribution in [3.05, 3.63) is 107 Å².